The largest absolute Gasteiger partial charge is 0.455 e. The number of thiophene rings is 1. The van der Waals surface area contributed by atoms with E-state index in [-0.39, 0.29) is 18.9 Å². The Kier molecular flexibility index (Phi) is 5.87. The highest BCUT2D eigenvalue weighted by molar-refractivity contribution is 7.10. The number of hydrogen-bond acceptors (Lipinski definition) is 5. The van der Waals surface area contributed by atoms with E-state index in [1.807, 2.05) is 17.5 Å². The molecule has 0 fully saturated rings. The molecule has 0 saturated carbocycles. The quantitative estimate of drug-likeness (QED) is 0.796. The summed E-state index contributed by atoms with van der Waals surface area (Å²) in [6.45, 7) is 1.05. The first kappa shape index (κ1) is 16.7. The number of esters is 1. The molecular weight excluding hydrogens is 316 g/mol. The fraction of sp³-hybridized carbons (Fsp3) is 0.188. The number of ether oxygens (including phenoxy) is 1. The maximum absolute atomic E-state index is 11.8. The lowest BCUT2D eigenvalue weighted by molar-refractivity contribution is -0.146. The molecule has 0 aliphatic carbocycles. The maximum atomic E-state index is 11.8. The standard InChI is InChI=1S/C16H16N2O4S/c1-11(19)17-12-4-2-5-13(8-12)18-15(20)10-22-16(21)9-14-6-3-7-23-14/h2-8H,9-10H2,1H3,(H,17,19)(H,18,20). The van der Waals surface area contributed by atoms with Crippen LogP contribution in [0.1, 0.15) is 11.8 Å². The lowest BCUT2D eigenvalue weighted by atomic mass is 10.2. The topological polar surface area (TPSA) is 84.5 Å². The molecule has 0 atom stereocenters. The van der Waals surface area contributed by atoms with E-state index in [1.165, 1.54) is 18.3 Å². The van der Waals surface area contributed by atoms with Crippen LogP contribution in [0.25, 0.3) is 0 Å². The Bertz CT molecular complexity index is 698. The predicted molar refractivity (Wildman–Crippen MR) is 88.4 cm³/mol. The van der Waals surface area contributed by atoms with Crippen molar-refractivity contribution in [2.24, 2.45) is 0 Å². The maximum Gasteiger partial charge on any atom is 0.311 e. The van der Waals surface area contributed by atoms with E-state index >= 15 is 0 Å². The number of rotatable bonds is 6. The van der Waals surface area contributed by atoms with Gasteiger partial charge >= 0.3 is 5.97 Å². The normalized spacial score (nSPS) is 9.96. The number of carbonyl (C=O) groups excluding carboxylic acids is 3. The third-order valence-electron chi connectivity index (χ3n) is 2.73. The summed E-state index contributed by atoms with van der Waals surface area (Å²) in [5, 5.41) is 7.10. The molecule has 0 spiro atoms. The van der Waals surface area contributed by atoms with Crippen LogP contribution in [-0.4, -0.2) is 24.4 Å². The minimum absolute atomic E-state index is 0.156. The highest BCUT2D eigenvalue weighted by atomic mass is 32.1. The van der Waals surface area contributed by atoms with Gasteiger partial charge in [0, 0.05) is 23.2 Å². The van der Waals surface area contributed by atoms with Crippen molar-refractivity contribution in [2.45, 2.75) is 13.3 Å². The van der Waals surface area contributed by atoms with E-state index in [4.69, 9.17) is 4.74 Å². The number of carbonyl (C=O) groups is 3. The van der Waals surface area contributed by atoms with Gasteiger partial charge in [0.15, 0.2) is 6.61 Å². The zero-order valence-electron chi connectivity index (χ0n) is 12.5. The van der Waals surface area contributed by atoms with Gasteiger partial charge in [-0.15, -0.1) is 11.3 Å². The summed E-state index contributed by atoms with van der Waals surface area (Å²) < 4.78 is 4.93. The Balaban J connectivity index is 1.80. The van der Waals surface area contributed by atoms with E-state index in [0.717, 1.165) is 4.88 Å². The Labute approximate surface area is 137 Å². The first-order chi connectivity index (χ1) is 11.0. The number of anilines is 2. The van der Waals surface area contributed by atoms with Crippen LogP contribution in [-0.2, 0) is 25.5 Å². The molecule has 7 heteroatoms. The molecule has 23 heavy (non-hydrogen) atoms. The smallest absolute Gasteiger partial charge is 0.311 e. The van der Waals surface area contributed by atoms with Gasteiger partial charge in [0.25, 0.3) is 5.91 Å². The van der Waals surface area contributed by atoms with E-state index < -0.39 is 11.9 Å². The minimum Gasteiger partial charge on any atom is -0.455 e. The molecule has 1 aromatic carbocycles. The molecule has 0 unspecified atom stereocenters. The highest BCUT2D eigenvalue weighted by Gasteiger charge is 2.09. The first-order valence-electron chi connectivity index (χ1n) is 6.88. The van der Waals surface area contributed by atoms with Crippen molar-refractivity contribution in [3.63, 3.8) is 0 Å². The molecule has 1 aromatic heterocycles. The van der Waals surface area contributed by atoms with Gasteiger partial charge in [-0.2, -0.15) is 0 Å². The Morgan fingerprint density at radius 3 is 2.48 bits per heavy atom. The van der Waals surface area contributed by atoms with Gasteiger partial charge in [0.05, 0.1) is 6.42 Å². The van der Waals surface area contributed by atoms with Gasteiger partial charge in [0.2, 0.25) is 5.91 Å². The summed E-state index contributed by atoms with van der Waals surface area (Å²) in [4.78, 5) is 35.3. The zero-order valence-corrected chi connectivity index (χ0v) is 13.3. The summed E-state index contributed by atoms with van der Waals surface area (Å²) in [5.74, 6) is -1.09. The molecule has 0 aliphatic rings. The zero-order chi connectivity index (χ0) is 16.7. The van der Waals surface area contributed by atoms with Gasteiger partial charge < -0.3 is 15.4 Å². The van der Waals surface area contributed by atoms with E-state index in [2.05, 4.69) is 10.6 Å². The lowest BCUT2D eigenvalue weighted by Crippen LogP contribution is -2.21. The number of hydrogen-bond donors (Lipinski definition) is 2. The van der Waals surface area contributed by atoms with E-state index in [1.54, 1.807) is 24.3 Å². The summed E-state index contributed by atoms with van der Waals surface area (Å²) in [5.41, 5.74) is 1.08. The molecule has 0 bridgehead atoms. The molecular formula is C16H16N2O4S. The van der Waals surface area contributed by atoms with Crippen LogP contribution in [0.3, 0.4) is 0 Å². The Morgan fingerprint density at radius 2 is 1.83 bits per heavy atom. The van der Waals surface area contributed by atoms with E-state index in [0.29, 0.717) is 11.4 Å². The summed E-state index contributed by atoms with van der Waals surface area (Å²) in [7, 11) is 0. The highest BCUT2D eigenvalue weighted by Crippen LogP contribution is 2.15. The molecule has 1 heterocycles. The monoisotopic (exact) mass is 332 g/mol. The van der Waals surface area contributed by atoms with Gasteiger partial charge in [-0.05, 0) is 29.6 Å². The molecule has 6 nitrogen and oxygen atoms in total. The van der Waals surface area contributed by atoms with Crippen LogP contribution in [0.5, 0.6) is 0 Å². The second kappa shape index (κ2) is 8.09. The number of benzene rings is 1. The fourth-order valence-electron chi connectivity index (χ4n) is 1.83. The molecule has 2 rings (SSSR count). The predicted octanol–water partition coefficient (Wildman–Crippen LogP) is 2.43. The van der Waals surface area contributed by atoms with Gasteiger partial charge in [0.1, 0.15) is 0 Å². The third kappa shape index (κ3) is 5.91. The van der Waals surface area contributed by atoms with Gasteiger partial charge in [-0.1, -0.05) is 12.1 Å². The molecule has 2 aromatic rings. The number of amides is 2. The summed E-state index contributed by atoms with van der Waals surface area (Å²) in [6, 6.07) is 10.4. The van der Waals surface area contributed by atoms with Gasteiger partial charge in [-0.3, -0.25) is 14.4 Å². The van der Waals surface area contributed by atoms with Crippen molar-refractivity contribution in [3.8, 4) is 0 Å². The van der Waals surface area contributed by atoms with Crippen LogP contribution < -0.4 is 10.6 Å². The van der Waals surface area contributed by atoms with Crippen LogP contribution in [0.15, 0.2) is 41.8 Å². The molecule has 0 saturated heterocycles. The molecule has 2 N–H and O–H groups in total. The Hall–Kier alpha value is -2.67. The molecule has 0 radical (unpaired) electrons. The number of nitrogens with one attached hydrogen (secondary N) is 2. The molecule has 2 amide bonds. The fourth-order valence-corrected chi connectivity index (χ4v) is 2.52. The third-order valence-corrected chi connectivity index (χ3v) is 3.61. The van der Waals surface area contributed by atoms with E-state index in [9.17, 15) is 14.4 Å². The average Bonchev–Trinajstić information content (AvgIpc) is 2.98. The van der Waals surface area contributed by atoms with Crippen LogP contribution >= 0.6 is 11.3 Å². The summed E-state index contributed by atoms with van der Waals surface area (Å²) >= 11 is 1.46. The lowest BCUT2D eigenvalue weighted by Gasteiger charge is -2.08. The first-order valence-corrected chi connectivity index (χ1v) is 7.76. The second-order valence-electron chi connectivity index (χ2n) is 4.73. The van der Waals surface area contributed by atoms with Crippen LogP contribution in [0, 0.1) is 0 Å². The van der Waals surface area contributed by atoms with Crippen molar-refractivity contribution in [1.29, 1.82) is 0 Å². The summed E-state index contributed by atoms with van der Waals surface area (Å²) in [6.07, 6.45) is 0.156. The average molecular weight is 332 g/mol. The second-order valence-corrected chi connectivity index (χ2v) is 5.76. The van der Waals surface area contributed by atoms with Crippen LogP contribution in [0.4, 0.5) is 11.4 Å². The molecule has 0 aliphatic heterocycles. The Morgan fingerprint density at radius 1 is 1.09 bits per heavy atom. The van der Waals surface area contributed by atoms with Gasteiger partial charge in [-0.25, -0.2) is 0 Å². The van der Waals surface area contributed by atoms with Crippen molar-refractivity contribution in [1.82, 2.24) is 0 Å². The van der Waals surface area contributed by atoms with Crippen molar-refractivity contribution in [2.75, 3.05) is 17.2 Å². The van der Waals surface area contributed by atoms with Crippen LogP contribution in [0.2, 0.25) is 0 Å². The van der Waals surface area contributed by atoms with Crippen molar-refractivity contribution < 1.29 is 19.1 Å². The minimum atomic E-state index is -0.449. The molecule has 120 valence electrons. The SMILES string of the molecule is CC(=O)Nc1cccc(NC(=O)COC(=O)Cc2cccs2)c1. The van der Waals surface area contributed by atoms with Crippen molar-refractivity contribution >= 4 is 40.5 Å². The van der Waals surface area contributed by atoms with Crippen molar-refractivity contribution in [3.05, 3.63) is 46.7 Å².